The summed E-state index contributed by atoms with van der Waals surface area (Å²) in [4.78, 5) is 0. The number of rotatable bonds is 3. The monoisotopic (exact) mass is 206 g/mol. The number of aryl methyl sites for hydroxylation is 1. The Labute approximate surface area is 90.2 Å². The van der Waals surface area contributed by atoms with Crippen LogP contribution in [0.2, 0.25) is 0 Å². The van der Waals surface area contributed by atoms with Gasteiger partial charge in [-0.15, -0.1) is 5.10 Å². The van der Waals surface area contributed by atoms with E-state index >= 15 is 0 Å². The Hall–Kier alpha value is -1.16. The topological polar surface area (TPSA) is 63.8 Å². The summed E-state index contributed by atoms with van der Waals surface area (Å²) in [5.74, 6) is 6.81. The SMILES string of the molecule is CCCC1CCc2nnc(NN)cc2C1. The van der Waals surface area contributed by atoms with Crippen molar-refractivity contribution in [3.8, 4) is 0 Å². The Bertz CT molecular complexity index is 337. The molecule has 3 N–H and O–H groups in total. The van der Waals surface area contributed by atoms with Crippen LogP contribution in [0.5, 0.6) is 0 Å². The van der Waals surface area contributed by atoms with Crippen LogP contribution in [-0.2, 0) is 12.8 Å². The number of nitrogen functional groups attached to an aromatic ring is 1. The molecule has 0 bridgehead atoms. The maximum Gasteiger partial charge on any atom is 0.162 e. The number of nitrogens with two attached hydrogens (primary N) is 1. The average molecular weight is 206 g/mol. The zero-order valence-electron chi connectivity index (χ0n) is 9.16. The molecule has 82 valence electrons. The van der Waals surface area contributed by atoms with E-state index in [1.165, 1.54) is 24.8 Å². The van der Waals surface area contributed by atoms with E-state index in [0.717, 1.165) is 24.5 Å². The fourth-order valence-electron chi connectivity index (χ4n) is 2.32. The number of hydrogen-bond donors (Lipinski definition) is 2. The minimum absolute atomic E-state index is 0.672. The van der Waals surface area contributed by atoms with Crippen molar-refractivity contribution in [2.24, 2.45) is 11.8 Å². The van der Waals surface area contributed by atoms with Crippen molar-refractivity contribution in [1.29, 1.82) is 0 Å². The van der Waals surface area contributed by atoms with E-state index in [4.69, 9.17) is 5.84 Å². The first kappa shape index (κ1) is 10.4. The van der Waals surface area contributed by atoms with Crippen molar-refractivity contribution >= 4 is 5.82 Å². The molecule has 1 heterocycles. The van der Waals surface area contributed by atoms with Gasteiger partial charge in [-0.2, -0.15) is 5.10 Å². The molecule has 0 aromatic carbocycles. The van der Waals surface area contributed by atoms with Crippen LogP contribution in [0.3, 0.4) is 0 Å². The molecule has 4 nitrogen and oxygen atoms in total. The molecule has 0 fully saturated rings. The number of nitrogens with zero attached hydrogens (tertiary/aromatic N) is 2. The standard InChI is InChI=1S/C11H18N4/c1-2-3-8-4-5-10-9(6-8)7-11(13-12)15-14-10/h7-8H,2-6,12H2,1H3,(H,13,15). The third kappa shape index (κ3) is 2.26. The van der Waals surface area contributed by atoms with Crippen LogP contribution in [-0.4, -0.2) is 10.2 Å². The second-order valence-corrected chi connectivity index (χ2v) is 4.24. The van der Waals surface area contributed by atoms with E-state index in [1.807, 2.05) is 6.07 Å². The van der Waals surface area contributed by atoms with Crippen LogP contribution in [0.4, 0.5) is 5.82 Å². The summed E-state index contributed by atoms with van der Waals surface area (Å²) in [5.41, 5.74) is 5.03. The van der Waals surface area contributed by atoms with Gasteiger partial charge in [-0.05, 0) is 36.8 Å². The van der Waals surface area contributed by atoms with Crippen LogP contribution < -0.4 is 11.3 Å². The van der Waals surface area contributed by atoms with Gasteiger partial charge in [-0.1, -0.05) is 19.8 Å². The van der Waals surface area contributed by atoms with Gasteiger partial charge in [0.15, 0.2) is 5.82 Å². The van der Waals surface area contributed by atoms with Gasteiger partial charge < -0.3 is 5.43 Å². The molecule has 0 saturated carbocycles. The van der Waals surface area contributed by atoms with Gasteiger partial charge in [-0.25, -0.2) is 5.84 Å². The maximum atomic E-state index is 5.32. The van der Waals surface area contributed by atoms with E-state index in [0.29, 0.717) is 5.82 Å². The fraction of sp³-hybridized carbons (Fsp3) is 0.636. The van der Waals surface area contributed by atoms with Crippen LogP contribution in [0, 0.1) is 5.92 Å². The van der Waals surface area contributed by atoms with E-state index in [-0.39, 0.29) is 0 Å². The smallest absolute Gasteiger partial charge is 0.162 e. The summed E-state index contributed by atoms with van der Waals surface area (Å²) in [5, 5.41) is 8.19. The van der Waals surface area contributed by atoms with Gasteiger partial charge in [0, 0.05) is 0 Å². The third-order valence-electron chi connectivity index (χ3n) is 3.10. The van der Waals surface area contributed by atoms with Gasteiger partial charge in [0.25, 0.3) is 0 Å². The summed E-state index contributed by atoms with van der Waals surface area (Å²) in [6, 6.07) is 2.03. The average Bonchev–Trinajstić information content (AvgIpc) is 2.28. The minimum atomic E-state index is 0.672. The van der Waals surface area contributed by atoms with Crippen LogP contribution >= 0.6 is 0 Å². The minimum Gasteiger partial charge on any atom is -0.307 e. The second kappa shape index (κ2) is 4.57. The van der Waals surface area contributed by atoms with Gasteiger partial charge in [0.2, 0.25) is 0 Å². The Morgan fingerprint density at radius 3 is 3.13 bits per heavy atom. The van der Waals surface area contributed by atoms with E-state index in [9.17, 15) is 0 Å². The number of aromatic nitrogens is 2. The molecule has 1 aromatic rings. The Morgan fingerprint density at radius 1 is 1.53 bits per heavy atom. The highest BCUT2D eigenvalue weighted by molar-refractivity contribution is 5.37. The van der Waals surface area contributed by atoms with Crippen molar-refractivity contribution in [1.82, 2.24) is 10.2 Å². The van der Waals surface area contributed by atoms with Crippen molar-refractivity contribution in [2.75, 3.05) is 5.43 Å². The molecule has 1 aliphatic carbocycles. The van der Waals surface area contributed by atoms with Crippen molar-refractivity contribution in [2.45, 2.75) is 39.0 Å². The highest BCUT2D eigenvalue weighted by Crippen LogP contribution is 2.27. The summed E-state index contributed by atoms with van der Waals surface area (Å²) >= 11 is 0. The lowest BCUT2D eigenvalue weighted by Crippen LogP contribution is -2.18. The molecule has 0 aliphatic heterocycles. The number of hydrazine groups is 1. The summed E-state index contributed by atoms with van der Waals surface area (Å²) in [6.45, 7) is 2.24. The highest BCUT2D eigenvalue weighted by Gasteiger charge is 2.19. The second-order valence-electron chi connectivity index (χ2n) is 4.24. The van der Waals surface area contributed by atoms with Gasteiger partial charge in [0.05, 0.1) is 5.69 Å². The number of hydrogen-bond acceptors (Lipinski definition) is 4. The van der Waals surface area contributed by atoms with Crippen molar-refractivity contribution in [3.05, 3.63) is 17.3 Å². The largest absolute Gasteiger partial charge is 0.307 e. The molecule has 0 amide bonds. The van der Waals surface area contributed by atoms with Crippen molar-refractivity contribution in [3.63, 3.8) is 0 Å². The molecule has 1 unspecified atom stereocenters. The molecule has 0 spiro atoms. The number of anilines is 1. The van der Waals surface area contributed by atoms with Crippen LogP contribution in [0.1, 0.15) is 37.4 Å². The number of fused-ring (bicyclic) bond motifs is 1. The first-order chi connectivity index (χ1) is 7.33. The Balaban J connectivity index is 2.16. The van der Waals surface area contributed by atoms with E-state index < -0.39 is 0 Å². The van der Waals surface area contributed by atoms with Crippen LogP contribution in [0.15, 0.2) is 6.07 Å². The maximum absolute atomic E-state index is 5.32. The van der Waals surface area contributed by atoms with Crippen LogP contribution in [0.25, 0.3) is 0 Å². The number of nitrogens with one attached hydrogen (secondary N) is 1. The fourth-order valence-corrected chi connectivity index (χ4v) is 2.32. The molecule has 1 aromatic heterocycles. The molecular formula is C11H18N4. The zero-order valence-corrected chi connectivity index (χ0v) is 9.16. The lowest BCUT2D eigenvalue weighted by Gasteiger charge is -2.23. The molecule has 15 heavy (non-hydrogen) atoms. The van der Waals surface area contributed by atoms with Gasteiger partial charge in [-0.3, -0.25) is 0 Å². The molecule has 0 saturated heterocycles. The van der Waals surface area contributed by atoms with Gasteiger partial charge >= 0.3 is 0 Å². The molecule has 0 radical (unpaired) electrons. The molecule has 1 aliphatic rings. The van der Waals surface area contributed by atoms with E-state index in [2.05, 4.69) is 22.5 Å². The van der Waals surface area contributed by atoms with E-state index in [1.54, 1.807) is 0 Å². The Kier molecular flexibility index (Phi) is 3.16. The first-order valence-electron chi connectivity index (χ1n) is 5.65. The Morgan fingerprint density at radius 2 is 2.40 bits per heavy atom. The summed E-state index contributed by atoms with van der Waals surface area (Å²) in [7, 11) is 0. The molecule has 4 heteroatoms. The molecular weight excluding hydrogens is 188 g/mol. The quantitative estimate of drug-likeness (QED) is 0.583. The predicted octanol–water partition coefficient (Wildman–Crippen LogP) is 1.67. The highest BCUT2D eigenvalue weighted by atomic mass is 15.3. The van der Waals surface area contributed by atoms with Crippen molar-refractivity contribution < 1.29 is 0 Å². The lowest BCUT2D eigenvalue weighted by molar-refractivity contribution is 0.416. The molecule has 1 atom stereocenters. The first-order valence-corrected chi connectivity index (χ1v) is 5.65. The molecule has 2 rings (SSSR count). The zero-order chi connectivity index (χ0) is 10.7. The lowest BCUT2D eigenvalue weighted by atomic mass is 9.84. The summed E-state index contributed by atoms with van der Waals surface area (Å²) in [6.07, 6.45) is 6.03. The predicted molar refractivity (Wildman–Crippen MR) is 60.3 cm³/mol. The normalized spacial score (nSPS) is 19.7. The summed E-state index contributed by atoms with van der Waals surface area (Å²) < 4.78 is 0. The van der Waals surface area contributed by atoms with Gasteiger partial charge in [0.1, 0.15) is 0 Å². The third-order valence-corrected chi connectivity index (χ3v) is 3.10.